The first-order valence-corrected chi connectivity index (χ1v) is 8.28. The zero-order valence-corrected chi connectivity index (χ0v) is 15.4. The van der Waals surface area contributed by atoms with E-state index in [-0.39, 0.29) is 5.92 Å². The van der Waals surface area contributed by atoms with Crippen LogP contribution in [0.15, 0.2) is 35.5 Å². The predicted octanol–water partition coefficient (Wildman–Crippen LogP) is 4.55. The van der Waals surface area contributed by atoms with Gasteiger partial charge in [0.25, 0.3) is 0 Å². The van der Waals surface area contributed by atoms with E-state index in [0.29, 0.717) is 29.3 Å². The molecule has 2 aromatic rings. The van der Waals surface area contributed by atoms with Gasteiger partial charge in [0.15, 0.2) is 17.9 Å². The van der Waals surface area contributed by atoms with E-state index in [1.807, 2.05) is 26.0 Å². The standard InChI is InChI=1S/C17H20N4O2.C2H6/c1-11(2)13-10-12(4-5-14(13)18)23-15-6-7-21-17(19-3)16(15)20-8-9-22;1-2/h4-11H,18H2,1-3H3,(H,19,21);1-2H3. The summed E-state index contributed by atoms with van der Waals surface area (Å²) in [6, 6.07) is 7.23. The zero-order chi connectivity index (χ0) is 18.8. The Hall–Kier alpha value is -2.89. The van der Waals surface area contributed by atoms with Crippen LogP contribution < -0.4 is 15.8 Å². The lowest BCUT2D eigenvalue weighted by molar-refractivity contribution is -0.102. The number of nitrogens with two attached hydrogens (primary N) is 1. The van der Waals surface area contributed by atoms with E-state index in [4.69, 9.17) is 10.5 Å². The van der Waals surface area contributed by atoms with Crippen molar-refractivity contribution in [1.82, 2.24) is 4.98 Å². The number of carbonyl (C=O) groups is 1. The number of aromatic nitrogens is 1. The number of nitrogens with zero attached hydrogens (tertiary/aromatic N) is 2. The van der Waals surface area contributed by atoms with Crippen molar-refractivity contribution in [1.29, 1.82) is 0 Å². The van der Waals surface area contributed by atoms with Gasteiger partial charge in [-0.3, -0.25) is 4.79 Å². The number of ether oxygens (including phenoxy) is 1. The van der Waals surface area contributed by atoms with Crippen LogP contribution >= 0.6 is 0 Å². The Morgan fingerprint density at radius 3 is 2.60 bits per heavy atom. The van der Waals surface area contributed by atoms with Gasteiger partial charge in [0.1, 0.15) is 11.4 Å². The van der Waals surface area contributed by atoms with E-state index in [0.717, 1.165) is 17.5 Å². The monoisotopic (exact) mass is 342 g/mol. The highest BCUT2D eigenvalue weighted by atomic mass is 16.5. The average molecular weight is 342 g/mol. The topological polar surface area (TPSA) is 89.6 Å². The Bertz CT molecular complexity index is 727. The molecule has 0 spiro atoms. The van der Waals surface area contributed by atoms with Crippen molar-refractivity contribution in [3.63, 3.8) is 0 Å². The summed E-state index contributed by atoms with van der Waals surface area (Å²) < 4.78 is 5.93. The second kappa shape index (κ2) is 10.1. The second-order valence-electron chi connectivity index (χ2n) is 5.22. The highest BCUT2D eigenvalue weighted by Gasteiger charge is 2.12. The fraction of sp³-hybridized carbons (Fsp3) is 0.316. The average Bonchev–Trinajstić information content (AvgIpc) is 2.63. The van der Waals surface area contributed by atoms with Crippen LogP contribution in [-0.2, 0) is 4.79 Å². The third kappa shape index (κ3) is 5.31. The number of carbonyl (C=O) groups excluding carboxylic acids is 1. The third-order valence-electron chi connectivity index (χ3n) is 3.30. The molecule has 0 unspecified atom stereocenters. The molecule has 0 saturated heterocycles. The molecule has 0 fully saturated rings. The molecule has 0 aliphatic carbocycles. The molecule has 3 N–H and O–H groups in total. The highest BCUT2D eigenvalue weighted by Crippen LogP contribution is 2.37. The third-order valence-corrected chi connectivity index (χ3v) is 3.30. The van der Waals surface area contributed by atoms with Crippen LogP contribution in [0.25, 0.3) is 0 Å². The minimum atomic E-state index is 0.288. The number of benzene rings is 1. The fourth-order valence-corrected chi connectivity index (χ4v) is 2.17. The van der Waals surface area contributed by atoms with Gasteiger partial charge in [-0.25, -0.2) is 9.98 Å². The molecule has 0 amide bonds. The molecule has 1 aromatic heterocycles. The van der Waals surface area contributed by atoms with E-state index in [1.165, 1.54) is 0 Å². The summed E-state index contributed by atoms with van der Waals surface area (Å²) in [5, 5.41) is 2.93. The number of nitrogen functional groups attached to an aromatic ring is 1. The normalized spacial score (nSPS) is 10.3. The Morgan fingerprint density at radius 1 is 1.28 bits per heavy atom. The van der Waals surface area contributed by atoms with Gasteiger partial charge in [-0.1, -0.05) is 27.7 Å². The summed E-state index contributed by atoms with van der Waals surface area (Å²) >= 11 is 0. The smallest absolute Gasteiger partial charge is 0.161 e. The van der Waals surface area contributed by atoms with Crippen LogP contribution in [0.2, 0.25) is 0 Å². The molecular weight excluding hydrogens is 316 g/mol. The Morgan fingerprint density at radius 2 is 2.00 bits per heavy atom. The molecule has 0 aliphatic heterocycles. The minimum Gasteiger partial charge on any atom is -0.455 e. The zero-order valence-electron chi connectivity index (χ0n) is 15.4. The maximum Gasteiger partial charge on any atom is 0.161 e. The summed E-state index contributed by atoms with van der Waals surface area (Å²) in [7, 11) is 1.73. The number of aliphatic imine (C=N–C) groups is 1. The van der Waals surface area contributed by atoms with E-state index in [2.05, 4.69) is 29.1 Å². The molecule has 0 atom stereocenters. The summed E-state index contributed by atoms with van der Waals surface area (Å²) in [5.41, 5.74) is 8.20. The van der Waals surface area contributed by atoms with Crippen LogP contribution in [-0.4, -0.2) is 24.5 Å². The van der Waals surface area contributed by atoms with Crippen molar-refractivity contribution >= 4 is 29.7 Å². The van der Waals surface area contributed by atoms with Gasteiger partial charge >= 0.3 is 0 Å². The van der Waals surface area contributed by atoms with E-state index in [9.17, 15) is 4.79 Å². The van der Waals surface area contributed by atoms with Crippen molar-refractivity contribution in [3.8, 4) is 11.5 Å². The van der Waals surface area contributed by atoms with E-state index in [1.54, 1.807) is 25.4 Å². The lowest BCUT2D eigenvalue weighted by atomic mass is 10.0. The first-order chi connectivity index (χ1) is 12.1. The molecule has 0 radical (unpaired) electrons. The number of pyridine rings is 1. The quantitative estimate of drug-likeness (QED) is 0.457. The van der Waals surface area contributed by atoms with Gasteiger partial charge in [-0.05, 0) is 29.7 Å². The lowest BCUT2D eigenvalue weighted by Gasteiger charge is -2.14. The van der Waals surface area contributed by atoms with Gasteiger partial charge in [-0.2, -0.15) is 0 Å². The highest BCUT2D eigenvalue weighted by molar-refractivity contribution is 6.14. The van der Waals surface area contributed by atoms with Crippen molar-refractivity contribution in [2.24, 2.45) is 4.99 Å². The Labute approximate surface area is 149 Å². The SMILES string of the molecule is CC.CNc1nccc(Oc2ccc(N)c(C(C)C)c2)c1N=CC=O. The van der Waals surface area contributed by atoms with E-state index >= 15 is 0 Å². The summed E-state index contributed by atoms with van der Waals surface area (Å²) in [6.07, 6.45) is 3.38. The summed E-state index contributed by atoms with van der Waals surface area (Å²) in [5.74, 6) is 1.97. The van der Waals surface area contributed by atoms with Crippen LogP contribution in [0.3, 0.4) is 0 Å². The maximum atomic E-state index is 10.6. The van der Waals surface area contributed by atoms with Crippen LogP contribution in [0.5, 0.6) is 11.5 Å². The second-order valence-corrected chi connectivity index (χ2v) is 5.22. The van der Waals surface area contributed by atoms with E-state index < -0.39 is 0 Å². The van der Waals surface area contributed by atoms with Gasteiger partial charge in [-0.15, -0.1) is 0 Å². The number of anilines is 2. The molecular formula is C19H26N4O2. The first-order valence-electron chi connectivity index (χ1n) is 8.28. The van der Waals surface area contributed by atoms with Gasteiger partial charge in [0, 0.05) is 25.0 Å². The number of rotatable bonds is 6. The molecule has 0 aliphatic rings. The summed E-state index contributed by atoms with van der Waals surface area (Å²) in [6.45, 7) is 8.14. The fourth-order valence-electron chi connectivity index (χ4n) is 2.17. The minimum absolute atomic E-state index is 0.288. The lowest BCUT2D eigenvalue weighted by Crippen LogP contribution is -1.98. The molecule has 0 bridgehead atoms. The van der Waals surface area contributed by atoms with Gasteiger partial charge in [0.05, 0.1) is 6.21 Å². The van der Waals surface area contributed by atoms with Crippen molar-refractivity contribution < 1.29 is 9.53 Å². The molecule has 1 heterocycles. The molecule has 25 heavy (non-hydrogen) atoms. The van der Waals surface area contributed by atoms with Crippen LogP contribution in [0.1, 0.15) is 39.2 Å². The van der Waals surface area contributed by atoms with Crippen LogP contribution in [0, 0.1) is 0 Å². The first kappa shape index (κ1) is 20.2. The number of aldehydes is 1. The number of nitrogens with one attached hydrogen (secondary N) is 1. The number of hydrogen-bond donors (Lipinski definition) is 2. The molecule has 2 rings (SSSR count). The largest absolute Gasteiger partial charge is 0.455 e. The molecule has 6 nitrogen and oxygen atoms in total. The molecule has 0 saturated carbocycles. The molecule has 134 valence electrons. The van der Waals surface area contributed by atoms with Gasteiger partial charge < -0.3 is 15.8 Å². The van der Waals surface area contributed by atoms with Crippen molar-refractivity contribution in [3.05, 3.63) is 36.0 Å². The Balaban J connectivity index is 0.00000151. The summed E-state index contributed by atoms with van der Waals surface area (Å²) in [4.78, 5) is 18.8. The van der Waals surface area contributed by atoms with Crippen molar-refractivity contribution in [2.45, 2.75) is 33.6 Å². The predicted molar refractivity (Wildman–Crippen MR) is 104 cm³/mol. The molecule has 1 aromatic carbocycles. The molecule has 6 heteroatoms. The van der Waals surface area contributed by atoms with Crippen LogP contribution in [0.4, 0.5) is 17.2 Å². The van der Waals surface area contributed by atoms with Crippen molar-refractivity contribution in [2.75, 3.05) is 18.1 Å². The Kier molecular flexibility index (Phi) is 8.12. The number of hydrogen-bond acceptors (Lipinski definition) is 6. The maximum absolute atomic E-state index is 10.6. The van der Waals surface area contributed by atoms with Gasteiger partial charge in [0.2, 0.25) is 0 Å².